The molecule has 1 unspecified atom stereocenters. The molecule has 4 rings (SSSR count). The molecule has 1 N–H and O–H groups in total. The Morgan fingerprint density at radius 2 is 1.97 bits per heavy atom. The average Bonchev–Trinajstić information content (AvgIpc) is 3.17. The van der Waals surface area contributed by atoms with Gasteiger partial charge in [-0.05, 0) is 24.0 Å². The molecule has 2 amide bonds. The molecule has 0 fully saturated rings. The van der Waals surface area contributed by atoms with Crippen LogP contribution in [0, 0.1) is 0 Å². The van der Waals surface area contributed by atoms with Gasteiger partial charge < -0.3 is 14.8 Å². The Labute approximate surface area is 173 Å². The minimum absolute atomic E-state index is 0.0105. The molecule has 0 saturated carbocycles. The number of carbonyl (C=O) groups is 2. The minimum atomic E-state index is -0.726. The summed E-state index contributed by atoms with van der Waals surface area (Å²) in [5, 5.41) is 6.97. The van der Waals surface area contributed by atoms with Crippen molar-refractivity contribution in [2.45, 2.75) is 25.4 Å². The SMILES string of the molecule is CN1C(=O)C(NC(=O)c2ncn(Cc3ccccc3)n2)CCc2cc(=O)n(C)cc21. The largest absolute Gasteiger partial charge is 0.337 e. The molecule has 1 atom stereocenters. The Hall–Kier alpha value is -3.75. The molecular weight excluding hydrogens is 384 g/mol. The highest BCUT2D eigenvalue weighted by Crippen LogP contribution is 2.24. The van der Waals surface area contributed by atoms with Gasteiger partial charge in [0.05, 0.1) is 12.2 Å². The van der Waals surface area contributed by atoms with Gasteiger partial charge in [0.15, 0.2) is 0 Å². The van der Waals surface area contributed by atoms with Crippen molar-refractivity contribution in [1.82, 2.24) is 24.6 Å². The molecule has 1 aliphatic rings. The number of fused-ring (bicyclic) bond motifs is 1. The van der Waals surface area contributed by atoms with Gasteiger partial charge in [0, 0.05) is 26.4 Å². The molecule has 1 aromatic carbocycles. The van der Waals surface area contributed by atoms with Crippen molar-refractivity contribution in [2.24, 2.45) is 7.05 Å². The summed E-state index contributed by atoms with van der Waals surface area (Å²) in [5.74, 6) is -0.740. The number of aryl methyl sites for hydroxylation is 2. The number of likely N-dealkylation sites (N-methyl/N-ethyl adjacent to an activating group) is 1. The lowest BCUT2D eigenvalue weighted by molar-refractivity contribution is -0.120. The topological polar surface area (TPSA) is 102 Å². The van der Waals surface area contributed by atoms with E-state index in [1.807, 2.05) is 30.3 Å². The number of carbonyl (C=O) groups excluding carboxylic acids is 2. The van der Waals surface area contributed by atoms with Crippen molar-refractivity contribution in [1.29, 1.82) is 0 Å². The number of hydrogen-bond acceptors (Lipinski definition) is 5. The lowest BCUT2D eigenvalue weighted by atomic mass is 10.1. The number of nitrogens with one attached hydrogen (secondary N) is 1. The van der Waals surface area contributed by atoms with E-state index in [0.717, 1.165) is 11.1 Å². The first-order chi connectivity index (χ1) is 14.4. The first-order valence-corrected chi connectivity index (χ1v) is 9.64. The zero-order valence-corrected chi connectivity index (χ0v) is 16.8. The molecule has 0 aliphatic carbocycles. The second-order valence-electron chi connectivity index (χ2n) is 7.35. The number of aromatic nitrogens is 4. The normalized spacial score (nSPS) is 16.1. The van der Waals surface area contributed by atoms with Crippen molar-refractivity contribution in [3.63, 3.8) is 0 Å². The summed E-state index contributed by atoms with van der Waals surface area (Å²) in [4.78, 5) is 43.0. The lowest BCUT2D eigenvalue weighted by Gasteiger charge is -2.22. The van der Waals surface area contributed by atoms with Crippen LogP contribution in [-0.4, -0.2) is 44.2 Å². The van der Waals surface area contributed by atoms with Crippen molar-refractivity contribution < 1.29 is 9.59 Å². The van der Waals surface area contributed by atoms with Crippen LogP contribution in [0.3, 0.4) is 0 Å². The number of nitrogens with zero attached hydrogens (tertiary/aromatic N) is 5. The zero-order valence-electron chi connectivity index (χ0n) is 16.8. The maximum absolute atomic E-state index is 12.9. The zero-order chi connectivity index (χ0) is 21.3. The monoisotopic (exact) mass is 406 g/mol. The Morgan fingerprint density at radius 1 is 1.20 bits per heavy atom. The van der Waals surface area contributed by atoms with Crippen molar-refractivity contribution >= 4 is 17.5 Å². The van der Waals surface area contributed by atoms with E-state index < -0.39 is 11.9 Å². The fourth-order valence-electron chi connectivity index (χ4n) is 3.53. The van der Waals surface area contributed by atoms with E-state index in [-0.39, 0.29) is 17.3 Å². The lowest BCUT2D eigenvalue weighted by Crippen LogP contribution is -2.47. The van der Waals surface area contributed by atoms with Crippen LogP contribution in [0.15, 0.2) is 53.7 Å². The molecule has 3 heterocycles. The predicted octanol–water partition coefficient (Wildman–Crippen LogP) is 0.733. The van der Waals surface area contributed by atoms with Gasteiger partial charge in [-0.2, -0.15) is 0 Å². The summed E-state index contributed by atoms with van der Waals surface area (Å²) in [6.07, 6.45) is 4.03. The standard InChI is InChI=1S/C21H22N6O3/c1-25-12-17-15(10-18(25)28)8-9-16(21(30)26(17)2)23-20(29)19-22-13-27(24-19)11-14-6-4-3-5-7-14/h3-7,10,12-13,16H,8-9,11H2,1-2H3,(H,23,29). The van der Waals surface area contributed by atoms with Gasteiger partial charge >= 0.3 is 0 Å². The van der Waals surface area contributed by atoms with E-state index in [0.29, 0.717) is 25.1 Å². The summed E-state index contributed by atoms with van der Waals surface area (Å²) in [6.45, 7) is 0.496. The smallest absolute Gasteiger partial charge is 0.291 e. The van der Waals surface area contributed by atoms with E-state index in [1.54, 1.807) is 25.0 Å². The maximum atomic E-state index is 12.9. The highest BCUT2D eigenvalue weighted by atomic mass is 16.2. The molecule has 0 spiro atoms. The third kappa shape index (κ3) is 3.86. The molecule has 9 heteroatoms. The quantitative estimate of drug-likeness (QED) is 0.688. The van der Waals surface area contributed by atoms with Crippen LogP contribution < -0.4 is 15.8 Å². The Morgan fingerprint density at radius 3 is 2.73 bits per heavy atom. The van der Waals surface area contributed by atoms with Crippen LogP contribution in [0.1, 0.15) is 28.2 Å². The van der Waals surface area contributed by atoms with E-state index in [1.165, 1.54) is 21.9 Å². The highest BCUT2D eigenvalue weighted by molar-refractivity contribution is 6.01. The second kappa shape index (κ2) is 7.94. The van der Waals surface area contributed by atoms with Crippen molar-refractivity contribution in [2.75, 3.05) is 11.9 Å². The van der Waals surface area contributed by atoms with Crippen LogP contribution in [-0.2, 0) is 24.8 Å². The number of anilines is 1. The summed E-state index contributed by atoms with van der Waals surface area (Å²) >= 11 is 0. The van der Waals surface area contributed by atoms with Crippen molar-refractivity contribution in [3.05, 3.63) is 76.2 Å². The third-order valence-electron chi connectivity index (χ3n) is 5.21. The van der Waals surface area contributed by atoms with Crippen LogP contribution in [0.2, 0.25) is 0 Å². The number of rotatable bonds is 4. The first-order valence-electron chi connectivity index (χ1n) is 9.64. The van der Waals surface area contributed by atoms with Crippen molar-refractivity contribution in [3.8, 4) is 0 Å². The maximum Gasteiger partial charge on any atom is 0.291 e. The molecule has 154 valence electrons. The van der Waals surface area contributed by atoms with Gasteiger partial charge in [0.2, 0.25) is 11.7 Å². The van der Waals surface area contributed by atoms with E-state index >= 15 is 0 Å². The number of hydrogen-bond donors (Lipinski definition) is 1. The molecule has 0 radical (unpaired) electrons. The van der Waals surface area contributed by atoms with Gasteiger partial charge in [0.25, 0.3) is 11.5 Å². The summed E-state index contributed by atoms with van der Waals surface area (Å²) in [7, 11) is 3.28. The molecule has 30 heavy (non-hydrogen) atoms. The van der Waals surface area contributed by atoms with E-state index in [4.69, 9.17) is 0 Å². The van der Waals surface area contributed by atoms with Crippen LogP contribution in [0.5, 0.6) is 0 Å². The Kier molecular flexibility index (Phi) is 5.18. The number of amides is 2. The molecule has 9 nitrogen and oxygen atoms in total. The molecule has 1 aliphatic heterocycles. The fraction of sp³-hybridized carbons (Fsp3) is 0.286. The molecule has 0 saturated heterocycles. The molecule has 0 bridgehead atoms. The minimum Gasteiger partial charge on any atom is -0.337 e. The van der Waals surface area contributed by atoms with Gasteiger partial charge in [-0.15, -0.1) is 5.10 Å². The van der Waals surface area contributed by atoms with E-state index in [9.17, 15) is 14.4 Å². The number of pyridine rings is 1. The van der Waals surface area contributed by atoms with Crippen LogP contribution in [0.25, 0.3) is 0 Å². The Bertz CT molecular complexity index is 1150. The van der Waals surface area contributed by atoms with Gasteiger partial charge in [-0.1, -0.05) is 30.3 Å². The summed E-state index contributed by atoms with van der Waals surface area (Å²) < 4.78 is 3.02. The third-order valence-corrected chi connectivity index (χ3v) is 5.21. The van der Waals surface area contributed by atoms with Gasteiger partial charge in [0.1, 0.15) is 12.4 Å². The average molecular weight is 406 g/mol. The molecule has 2 aromatic heterocycles. The summed E-state index contributed by atoms with van der Waals surface area (Å²) in [6, 6.07) is 10.5. The highest BCUT2D eigenvalue weighted by Gasteiger charge is 2.30. The second-order valence-corrected chi connectivity index (χ2v) is 7.35. The Balaban J connectivity index is 1.47. The van der Waals surface area contributed by atoms with Crippen LogP contribution in [0.4, 0.5) is 5.69 Å². The van der Waals surface area contributed by atoms with Gasteiger partial charge in [-0.25, -0.2) is 9.67 Å². The van der Waals surface area contributed by atoms with E-state index in [2.05, 4.69) is 15.4 Å². The van der Waals surface area contributed by atoms with Crippen LogP contribution >= 0.6 is 0 Å². The molecule has 3 aromatic rings. The first kappa shape index (κ1) is 19.6. The van der Waals surface area contributed by atoms with Gasteiger partial charge in [-0.3, -0.25) is 14.4 Å². The fourth-order valence-corrected chi connectivity index (χ4v) is 3.53. The predicted molar refractivity (Wildman–Crippen MR) is 110 cm³/mol. The summed E-state index contributed by atoms with van der Waals surface area (Å²) in [5.41, 5.74) is 2.36. The molecular formula is C21H22N6O3. The number of benzene rings is 1.